The highest BCUT2D eigenvalue weighted by Gasteiger charge is 2.73. The molecule has 5 atom stereocenters. The van der Waals surface area contributed by atoms with Crippen molar-refractivity contribution >= 4 is 12.0 Å². The molecule has 2 saturated carbocycles. The van der Waals surface area contributed by atoms with Crippen LogP contribution in [0.5, 0.6) is 11.5 Å². The largest absolute Gasteiger partial charge is 0.504 e. The second kappa shape index (κ2) is 11.1. The molecule has 246 valence electrons. The molecule has 1 saturated heterocycles. The number of nitrogens with zero attached hydrogens (tertiary/aromatic N) is 2. The molecule has 1 amide bonds. The maximum Gasteiger partial charge on any atom is 0.416 e. The number of phenols is 1. The second-order valence-corrected chi connectivity index (χ2v) is 14.1. The lowest BCUT2D eigenvalue weighted by Crippen LogP contribution is -2.78. The fraction of sp³-hybridized carbons (Fsp3) is 0.447. The Morgan fingerprint density at radius 1 is 1.04 bits per heavy atom. The maximum atomic E-state index is 14.2. The van der Waals surface area contributed by atoms with E-state index >= 15 is 0 Å². The quantitative estimate of drug-likeness (QED) is 0.289. The number of halogens is 3. The van der Waals surface area contributed by atoms with Gasteiger partial charge in [-0.1, -0.05) is 48.5 Å². The Labute approximate surface area is 272 Å². The molecule has 5 aliphatic rings. The number of alkyl halides is 3. The number of amides is 1. The minimum Gasteiger partial charge on any atom is -0.504 e. The molecule has 2 aliphatic heterocycles. The molecule has 47 heavy (non-hydrogen) atoms. The van der Waals surface area contributed by atoms with E-state index in [2.05, 4.69) is 4.90 Å². The highest BCUT2D eigenvalue weighted by molar-refractivity contribution is 5.92. The number of phenolic OH excluding ortho intramolecular Hbond substituents is 1. The van der Waals surface area contributed by atoms with E-state index < -0.39 is 34.9 Å². The molecule has 0 radical (unpaired) electrons. The average Bonchev–Trinajstić information content (AvgIpc) is 3.80. The molecule has 2 bridgehead atoms. The Morgan fingerprint density at radius 2 is 1.85 bits per heavy atom. The van der Waals surface area contributed by atoms with Gasteiger partial charge < -0.3 is 19.8 Å². The van der Waals surface area contributed by atoms with Crippen molar-refractivity contribution in [2.75, 3.05) is 19.6 Å². The van der Waals surface area contributed by atoms with Crippen LogP contribution in [0.3, 0.4) is 0 Å². The molecule has 2 unspecified atom stereocenters. The third-order valence-electron chi connectivity index (χ3n) is 11.5. The zero-order valence-corrected chi connectivity index (χ0v) is 26.1. The molecule has 3 aromatic rings. The number of ether oxygens (including phenoxy) is 1. The lowest BCUT2D eigenvalue weighted by atomic mass is 9.48. The van der Waals surface area contributed by atoms with Crippen LogP contribution in [0, 0.1) is 5.92 Å². The monoisotopic (exact) mass is 644 g/mol. The van der Waals surface area contributed by atoms with E-state index in [0.29, 0.717) is 50.3 Å². The number of likely N-dealkylation sites (tertiary alicyclic amines) is 1. The van der Waals surface area contributed by atoms with Crippen LogP contribution in [0.25, 0.3) is 6.08 Å². The van der Waals surface area contributed by atoms with Crippen LogP contribution >= 0.6 is 0 Å². The van der Waals surface area contributed by atoms with Crippen molar-refractivity contribution in [3.05, 3.63) is 101 Å². The van der Waals surface area contributed by atoms with Gasteiger partial charge in [0.25, 0.3) is 0 Å². The number of rotatable bonds is 8. The summed E-state index contributed by atoms with van der Waals surface area (Å²) >= 11 is 0. The van der Waals surface area contributed by atoms with E-state index in [1.54, 1.807) is 17.0 Å². The van der Waals surface area contributed by atoms with Crippen LogP contribution in [0.1, 0.15) is 59.9 Å². The van der Waals surface area contributed by atoms with E-state index in [1.165, 1.54) is 31.1 Å². The predicted molar refractivity (Wildman–Crippen MR) is 171 cm³/mol. The van der Waals surface area contributed by atoms with E-state index in [4.69, 9.17) is 4.74 Å². The first-order chi connectivity index (χ1) is 22.6. The van der Waals surface area contributed by atoms with E-state index in [-0.39, 0.29) is 23.3 Å². The van der Waals surface area contributed by atoms with Crippen molar-refractivity contribution in [3.8, 4) is 11.5 Å². The maximum absolute atomic E-state index is 14.2. The molecule has 0 aromatic heterocycles. The Bertz CT molecular complexity index is 1720. The van der Waals surface area contributed by atoms with Crippen LogP contribution < -0.4 is 4.74 Å². The summed E-state index contributed by atoms with van der Waals surface area (Å²) in [5.41, 5.74) is 0.665. The fourth-order valence-electron chi connectivity index (χ4n) is 9.19. The zero-order valence-electron chi connectivity index (χ0n) is 26.1. The number of hydrogen-bond acceptors (Lipinski definition) is 5. The molecule has 3 fully saturated rings. The molecular formula is C38H39F3N2O4. The molecule has 2 N–H and O–H groups in total. The number of carbonyl (C=O) groups excluding carboxylic acids is 1. The van der Waals surface area contributed by atoms with Gasteiger partial charge in [0.15, 0.2) is 11.5 Å². The minimum atomic E-state index is -4.49. The highest BCUT2D eigenvalue weighted by Crippen LogP contribution is 2.66. The Morgan fingerprint density at radius 3 is 2.62 bits per heavy atom. The van der Waals surface area contributed by atoms with E-state index in [0.717, 1.165) is 41.9 Å². The first kappa shape index (κ1) is 30.5. The van der Waals surface area contributed by atoms with Gasteiger partial charge in [0, 0.05) is 30.8 Å². The number of piperidine rings is 1. The number of aliphatic hydroxyl groups is 1. The van der Waals surface area contributed by atoms with Crippen molar-refractivity contribution in [2.45, 2.75) is 80.3 Å². The topological polar surface area (TPSA) is 73.2 Å². The Balaban J connectivity index is 1.17. The SMILES string of the molecule is O=C(/C=C/c1cccc(C(F)(F)F)c1)N(CCc1ccccc1)C1CC[C@@]2(O)[C@H]3Cc4ccc(O)c5c4[C@@]2(CCN3CC2CC2)C1O5. The number of aromatic hydroxyl groups is 1. The van der Waals surface area contributed by atoms with Crippen molar-refractivity contribution in [2.24, 2.45) is 5.92 Å². The van der Waals surface area contributed by atoms with Gasteiger partial charge >= 0.3 is 6.18 Å². The molecule has 9 heteroatoms. The third-order valence-corrected chi connectivity index (χ3v) is 11.5. The number of benzene rings is 3. The van der Waals surface area contributed by atoms with Gasteiger partial charge in [0.2, 0.25) is 5.91 Å². The molecule has 6 nitrogen and oxygen atoms in total. The number of carbonyl (C=O) groups is 1. The standard InChI is InChI=1S/C38H39F3N2O4/c39-38(40,41)28-8-4-7-25(21-28)11-14-32(45)43(19-16-24-5-2-1-3-6-24)29-15-17-37(46)31-22-27-12-13-30(44)34-33(27)36(37,35(29)47-34)18-20-42(31)23-26-9-10-26/h1-8,11-14,21,26,29,31,35,44,46H,9-10,15-20,22-23H2/b14-11+/t29?,31-,35?,36+,37-/m1/s1. The van der Waals surface area contributed by atoms with Crippen LogP contribution in [0.15, 0.2) is 72.8 Å². The van der Waals surface area contributed by atoms with Gasteiger partial charge in [-0.05, 0) is 98.4 Å². The molecule has 8 rings (SSSR count). The van der Waals surface area contributed by atoms with Crippen LogP contribution in [-0.4, -0.2) is 69.3 Å². The summed E-state index contributed by atoms with van der Waals surface area (Å²) in [5, 5.41) is 23.9. The van der Waals surface area contributed by atoms with E-state index in [1.807, 2.05) is 36.4 Å². The smallest absolute Gasteiger partial charge is 0.416 e. The lowest BCUT2D eigenvalue weighted by molar-refractivity contribution is -0.201. The Hall–Kier alpha value is -3.82. The number of hydrogen-bond donors (Lipinski definition) is 2. The summed E-state index contributed by atoms with van der Waals surface area (Å²) < 4.78 is 46.9. The molecule has 3 aliphatic carbocycles. The van der Waals surface area contributed by atoms with E-state index in [9.17, 15) is 28.2 Å². The third kappa shape index (κ3) is 4.96. The summed E-state index contributed by atoms with van der Waals surface area (Å²) in [4.78, 5) is 18.4. The summed E-state index contributed by atoms with van der Waals surface area (Å²) in [6.45, 7) is 2.14. The fourth-order valence-corrected chi connectivity index (χ4v) is 9.19. The predicted octanol–water partition coefficient (Wildman–Crippen LogP) is 6.13. The summed E-state index contributed by atoms with van der Waals surface area (Å²) in [6.07, 6.45) is 3.05. The van der Waals surface area contributed by atoms with Crippen molar-refractivity contribution < 1.29 is 32.9 Å². The minimum absolute atomic E-state index is 0.0408. The highest BCUT2D eigenvalue weighted by atomic mass is 19.4. The van der Waals surface area contributed by atoms with Crippen molar-refractivity contribution in [1.82, 2.24) is 9.80 Å². The van der Waals surface area contributed by atoms with Gasteiger partial charge in [-0.3, -0.25) is 9.69 Å². The van der Waals surface area contributed by atoms with Gasteiger partial charge in [0.1, 0.15) is 6.10 Å². The summed E-state index contributed by atoms with van der Waals surface area (Å²) in [5.74, 6) is 0.805. The van der Waals surface area contributed by atoms with Crippen LogP contribution in [-0.2, 0) is 29.2 Å². The summed E-state index contributed by atoms with van der Waals surface area (Å²) in [6, 6.07) is 17.9. The second-order valence-electron chi connectivity index (χ2n) is 14.1. The van der Waals surface area contributed by atoms with Gasteiger partial charge in [0.05, 0.1) is 22.6 Å². The average molecular weight is 645 g/mol. The Kier molecular flexibility index (Phi) is 7.22. The van der Waals surface area contributed by atoms with Gasteiger partial charge in [-0.25, -0.2) is 0 Å². The first-order valence-electron chi connectivity index (χ1n) is 16.8. The van der Waals surface area contributed by atoms with Gasteiger partial charge in [-0.2, -0.15) is 13.2 Å². The molecule has 1 spiro atoms. The van der Waals surface area contributed by atoms with Gasteiger partial charge in [-0.15, -0.1) is 0 Å². The normalized spacial score (nSPS) is 29.4. The van der Waals surface area contributed by atoms with Crippen molar-refractivity contribution in [1.29, 1.82) is 0 Å². The lowest BCUT2D eigenvalue weighted by Gasteiger charge is -2.65. The van der Waals surface area contributed by atoms with Crippen LogP contribution in [0.2, 0.25) is 0 Å². The molecule has 2 heterocycles. The summed E-state index contributed by atoms with van der Waals surface area (Å²) in [7, 11) is 0. The first-order valence-corrected chi connectivity index (χ1v) is 16.8. The van der Waals surface area contributed by atoms with Crippen LogP contribution in [0.4, 0.5) is 13.2 Å². The zero-order chi connectivity index (χ0) is 32.6. The molecule has 3 aromatic carbocycles. The molecular weight excluding hydrogens is 605 g/mol. The van der Waals surface area contributed by atoms with Crippen molar-refractivity contribution in [3.63, 3.8) is 0 Å².